The van der Waals surface area contributed by atoms with Gasteiger partial charge >= 0.3 is 12.3 Å². The number of halogens is 3. The van der Waals surface area contributed by atoms with E-state index in [9.17, 15) is 13.6 Å². The molecule has 0 radical (unpaired) electrons. The molecule has 11 heteroatoms. The number of esters is 1. The lowest BCUT2D eigenvalue weighted by Gasteiger charge is -2.18. The summed E-state index contributed by atoms with van der Waals surface area (Å²) in [6.45, 7) is 5.19. The summed E-state index contributed by atoms with van der Waals surface area (Å²) >= 11 is 3.53. The second-order valence-corrected chi connectivity index (χ2v) is 10.0. The third kappa shape index (κ3) is 4.37. The van der Waals surface area contributed by atoms with Gasteiger partial charge in [0.2, 0.25) is 0 Å². The van der Waals surface area contributed by atoms with E-state index in [4.69, 9.17) is 9.15 Å². The summed E-state index contributed by atoms with van der Waals surface area (Å²) in [4.78, 5) is 17.0. The van der Waals surface area contributed by atoms with Crippen LogP contribution in [-0.2, 0) is 22.0 Å². The maximum atomic E-state index is 13.6. The van der Waals surface area contributed by atoms with Gasteiger partial charge in [-0.1, -0.05) is 22.0 Å². The van der Waals surface area contributed by atoms with Crippen molar-refractivity contribution < 1.29 is 32.2 Å². The first kappa shape index (κ1) is 24.9. The Kier molecular flexibility index (Phi) is 5.86. The Balaban J connectivity index is 1.65. The van der Waals surface area contributed by atoms with Gasteiger partial charge < -0.3 is 18.6 Å². The van der Waals surface area contributed by atoms with E-state index in [0.29, 0.717) is 34.2 Å². The zero-order valence-electron chi connectivity index (χ0n) is 20.6. The highest BCUT2D eigenvalue weighted by Crippen LogP contribution is 2.46. The first-order chi connectivity index (χ1) is 17.4. The topological polar surface area (TPSA) is 88.6 Å². The van der Waals surface area contributed by atoms with E-state index in [0.717, 1.165) is 15.7 Å². The van der Waals surface area contributed by atoms with Crippen LogP contribution in [0.5, 0.6) is 11.5 Å². The third-order valence-corrected chi connectivity index (χ3v) is 6.62. The number of aromatic nitrogens is 3. The SMILES string of the molecule is COC(=O)C(C)(C)c1cc(-c2ccc(Br)cc2-c2nc(C)oc2-c2ccc3c(c2)OC(F)(F)O3)n(C)n1. The van der Waals surface area contributed by atoms with E-state index in [1.165, 1.54) is 19.2 Å². The van der Waals surface area contributed by atoms with Crippen molar-refractivity contribution in [1.82, 2.24) is 14.8 Å². The fraction of sp³-hybridized carbons (Fsp3) is 0.269. The first-order valence-corrected chi connectivity index (χ1v) is 12.0. The number of nitrogens with zero attached hydrogens (tertiary/aromatic N) is 3. The Hall–Kier alpha value is -3.73. The van der Waals surface area contributed by atoms with Gasteiger partial charge in [-0.15, -0.1) is 8.78 Å². The van der Waals surface area contributed by atoms with Crippen molar-refractivity contribution in [3.05, 3.63) is 58.5 Å². The second-order valence-electron chi connectivity index (χ2n) is 9.08. The molecule has 0 atom stereocenters. The van der Waals surface area contributed by atoms with Gasteiger partial charge in [0.1, 0.15) is 11.1 Å². The molecule has 0 unspecified atom stereocenters. The lowest BCUT2D eigenvalue weighted by atomic mass is 9.88. The summed E-state index contributed by atoms with van der Waals surface area (Å²) < 4.78 is 49.7. The quantitative estimate of drug-likeness (QED) is 0.260. The van der Waals surface area contributed by atoms with Crippen molar-refractivity contribution in [2.75, 3.05) is 7.11 Å². The van der Waals surface area contributed by atoms with E-state index in [1.807, 2.05) is 24.3 Å². The Labute approximate surface area is 219 Å². The van der Waals surface area contributed by atoms with Gasteiger partial charge in [-0.25, -0.2) is 4.98 Å². The van der Waals surface area contributed by atoms with E-state index in [2.05, 4.69) is 35.5 Å². The molecule has 3 heterocycles. The molecular weight excluding hydrogens is 552 g/mol. The molecule has 0 saturated heterocycles. The summed E-state index contributed by atoms with van der Waals surface area (Å²) in [6.07, 6.45) is -3.73. The number of alkyl halides is 2. The largest absolute Gasteiger partial charge is 0.586 e. The summed E-state index contributed by atoms with van der Waals surface area (Å²) in [5.41, 5.74) is 2.75. The molecule has 2 aromatic carbocycles. The molecule has 192 valence electrons. The van der Waals surface area contributed by atoms with Crippen LogP contribution in [0.3, 0.4) is 0 Å². The second kappa shape index (κ2) is 8.69. The highest BCUT2D eigenvalue weighted by atomic mass is 79.9. The molecule has 0 fully saturated rings. The molecule has 0 amide bonds. The first-order valence-electron chi connectivity index (χ1n) is 11.2. The maximum absolute atomic E-state index is 13.6. The maximum Gasteiger partial charge on any atom is 0.586 e. The Bertz CT molecular complexity index is 1540. The number of aryl methyl sites for hydroxylation is 2. The van der Waals surface area contributed by atoms with Gasteiger partial charge in [-0.2, -0.15) is 5.10 Å². The van der Waals surface area contributed by atoms with Crippen LogP contribution in [0.4, 0.5) is 8.78 Å². The third-order valence-electron chi connectivity index (χ3n) is 6.13. The summed E-state index contributed by atoms with van der Waals surface area (Å²) in [5, 5.41) is 4.58. The van der Waals surface area contributed by atoms with Crippen LogP contribution < -0.4 is 9.47 Å². The van der Waals surface area contributed by atoms with Crippen LogP contribution in [0, 0.1) is 6.92 Å². The minimum Gasteiger partial charge on any atom is -0.468 e. The van der Waals surface area contributed by atoms with Crippen molar-refractivity contribution in [3.63, 3.8) is 0 Å². The fourth-order valence-electron chi connectivity index (χ4n) is 4.22. The van der Waals surface area contributed by atoms with Crippen LogP contribution in [0.25, 0.3) is 33.8 Å². The number of ether oxygens (including phenoxy) is 3. The van der Waals surface area contributed by atoms with Crippen LogP contribution in [-0.4, -0.2) is 34.1 Å². The van der Waals surface area contributed by atoms with Gasteiger partial charge in [0.25, 0.3) is 0 Å². The van der Waals surface area contributed by atoms with E-state index >= 15 is 0 Å². The van der Waals surface area contributed by atoms with Crippen molar-refractivity contribution >= 4 is 21.9 Å². The van der Waals surface area contributed by atoms with Gasteiger partial charge in [0, 0.05) is 35.1 Å². The molecule has 8 nitrogen and oxygen atoms in total. The highest BCUT2D eigenvalue weighted by Gasteiger charge is 2.43. The molecule has 37 heavy (non-hydrogen) atoms. The molecule has 1 aliphatic heterocycles. The minimum absolute atomic E-state index is 0.0645. The van der Waals surface area contributed by atoms with Crippen molar-refractivity contribution in [1.29, 1.82) is 0 Å². The highest BCUT2D eigenvalue weighted by molar-refractivity contribution is 9.10. The number of methoxy groups -OCH3 is 1. The fourth-order valence-corrected chi connectivity index (χ4v) is 4.58. The van der Waals surface area contributed by atoms with E-state index in [1.54, 1.807) is 38.6 Å². The average Bonchev–Trinajstić information content (AvgIpc) is 3.51. The zero-order valence-corrected chi connectivity index (χ0v) is 22.1. The summed E-state index contributed by atoms with van der Waals surface area (Å²) in [7, 11) is 3.12. The summed E-state index contributed by atoms with van der Waals surface area (Å²) in [6, 6.07) is 11.9. The molecule has 0 bridgehead atoms. The van der Waals surface area contributed by atoms with Gasteiger partial charge in [-0.3, -0.25) is 9.48 Å². The summed E-state index contributed by atoms with van der Waals surface area (Å²) in [5.74, 6) is 0.187. The number of hydrogen-bond acceptors (Lipinski definition) is 7. The van der Waals surface area contributed by atoms with E-state index < -0.39 is 17.7 Å². The van der Waals surface area contributed by atoms with Gasteiger partial charge in [0.15, 0.2) is 23.1 Å². The van der Waals surface area contributed by atoms with Crippen molar-refractivity contribution in [2.24, 2.45) is 7.05 Å². The monoisotopic (exact) mass is 573 g/mol. The number of benzene rings is 2. The van der Waals surface area contributed by atoms with E-state index in [-0.39, 0.29) is 11.5 Å². The van der Waals surface area contributed by atoms with Gasteiger partial charge in [0.05, 0.1) is 18.5 Å². The number of carbonyl (C=O) groups is 1. The molecule has 1 aliphatic rings. The minimum atomic E-state index is -3.73. The standard InChI is InChI=1S/C26H22BrF2N3O5/c1-13-30-22(23(35-13)14-6-9-19-20(10-14)37-26(28,29)36-19)17-11-15(27)7-8-16(17)18-12-21(31-32(18)4)25(2,3)24(33)34-5/h6-12H,1-5H3. The molecule has 0 aliphatic carbocycles. The number of rotatable bonds is 5. The molecule has 0 saturated carbocycles. The van der Waals surface area contributed by atoms with Gasteiger partial charge in [-0.05, 0) is 50.2 Å². The van der Waals surface area contributed by atoms with Crippen LogP contribution >= 0.6 is 15.9 Å². The predicted octanol–water partition coefficient (Wildman–Crippen LogP) is 6.25. The number of carbonyl (C=O) groups excluding carboxylic acids is 1. The molecule has 5 rings (SSSR count). The Morgan fingerprint density at radius 2 is 1.81 bits per heavy atom. The van der Waals surface area contributed by atoms with Crippen molar-refractivity contribution in [2.45, 2.75) is 32.5 Å². The molecule has 0 spiro atoms. The molecule has 0 N–H and O–H groups in total. The Morgan fingerprint density at radius 3 is 2.54 bits per heavy atom. The zero-order chi connectivity index (χ0) is 26.7. The Morgan fingerprint density at radius 1 is 1.08 bits per heavy atom. The number of hydrogen-bond donors (Lipinski definition) is 0. The smallest absolute Gasteiger partial charge is 0.468 e. The van der Waals surface area contributed by atoms with Crippen LogP contribution in [0.1, 0.15) is 25.4 Å². The number of oxazole rings is 1. The van der Waals surface area contributed by atoms with Crippen molar-refractivity contribution in [3.8, 4) is 45.3 Å². The predicted molar refractivity (Wildman–Crippen MR) is 133 cm³/mol. The normalized spacial score (nSPS) is 14.2. The lowest BCUT2D eigenvalue weighted by molar-refractivity contribution is -0.286. The molecule has 4 aromatic rings. The van der Waals surface area contributed by atoms with Crippen LogP contribution in [0.2, 0.25) is 0 Å². The average molecular weight is 574 g/mol. The molecular formula is C26H22BrF2N3O5. The molecule has 2 aromatic heterocycles. The lowest BCUT2D eigenvalue weighted by Crippen LogP contribution is -2.30. The number of fused-ring (bicyclic) bond motifs is 1. The van der Waals surface area contributed by atoms with Crippen LogP contribution in [0.15, 0.2) is 51.4 Å².